The SMILES string of the molecule is CC/C(=C(\c1ccccc1)c1ccc(OCCN(C)C)cc1)c1ccccc1.CSCC[C@H](N)C(=O)O. The average Bonchev–Trinajstić information content (AvgIpc) is 2.92. The molecule has 0 amide bonds. The van der Waals surface area contributed by atoms with E-state index in [0.717, 1.165) is 24.5 Å². The molecule has 0 aliphatic heterocycles. The van der Waals surface area contributed by atoms with Gasteiger partial charge in [-0.15, -0.1) is 0 Å². The number of carboxylic acids is 1. The Morgan fingerprint density at radius 2 is 1.46 bits per heavy atom. The lowest BCUT2D eigenvalue weighted by Gasteiger charge is -2.17. The molecule has 3 N–H and O–H groups in total. The zero-order chi connectivity index (χ0) is 27.0. The van der Waals surface area contributed by atoms with E-state index in [9.17, 15) is 4.79 Å². The zero-order valence-electron chi connectivity index (χ0n) is 22.4. The Kier molecular flexibility index (Phi) is 13.6. The maximum absolute atomic E-state index is 10.1. The largest absolute Gasteiger partial charge is 0.492 e. The van der Waals surface area contributed by atoms with Crippen LogP contribution in [-0.2, 0) is 4.79 Å². The number of allylic oxidation sites excluding steroid dienone is 1. The maximum atomic E-state index is 10.1. The van der Waals surface area contributed by atoms with Crippen molar-refractivity contribution < 1.29 is 14.6 Å². The first-order valence-electron chi connectivity index (χ1n) is 12.6. The molecule has 0 heterocycles. The van der Waals surface area contributed by atoms with Gasteiger partial charge in [0.2, 0.25) is 0 Å². The highest BCUT2D eigenvalue weighted by Crippen LogP contribution is 2.34. The molecule has 5 nitrogen and oxygen atoms in total. The summed E-state index contributed by atoms with van der Waals surface area (Å²) in [7, 11) is 4.11. The second kappa shape index (κ2) is 16.6. The Morgan fingerprint density at radius 1 is 0.919 bits per heavy atom. The number of carbonyl (C=O) groups is 1. The molecule has 37 heavy (non-hydrogen) atoms. The van der Waals surface area contributed by atoms with Gasteiger partial charge in [-0.3, -0.25) is 4.79 Å². The molecule has 3 aromatic carbocycles. The molecule has 0 aromatic heterocycles. The van der Waals surface area contributed by atoms with Gasteiger partial charge >= 0.3 is 5.97 Å². The van der Waals surface area contributed by atoms with Gasteiger partial charge in [0.05, 0.1) is 0 Å². The van der Waals surface area contributed by atoms with Crippen LogP contribution in [0.25, 0.3) is 11.1 Å². The minimum absolute atomic E-state index is 0.552. The smallest absolute Gasteiger partial charge is 0.320 e. The van der Waals surface area contributed by atoms with Crippen molar-refractivity contribution >= 4 is 28.9 Å². The van der Waals surface area contributed by atoms with Crippen molar-refractivity contribution in [1.29, 1.82) is 0 Å². The van der Waals surface area contributed by atoms with E-state index in [1.54, 1.807) is 11.8 Å². The lowest BCUT2D eigenvalue weighted by molar-refractivity contribution is -0.138. The minimum atomic E-state index is -0.913. The number of carboxylic acid groups (broad SMARTS) is 1. The first-order valence-corrected chi connectivity index (χ1v) is 14.0. The van der Waals surface area contributed by atoms with Gasteiger partial charge in [0, 0.05) is 6.54 Å². The Hall–Kier alpha value is -3.06. The molecule has 0 unspecified atom stereocenters. The van der Waals surface area contributed by atoms with Crippen LogP contribution in [0.1, 0.15) is 36.5 Å². The molecule has 0 fully saturated rings. The molecule has 1 atom stereocenters. The van der Waals surface area contributed by atoms with Crippen LogP contribution in [0.5, 0.6) is 5.75 Å². The van der Waals surface area contributed by atoms with Gasteiger partial charge in [0.1, 0.15) is 18.4 Å². The Morgan fingerprint density at radius 3 is 1.95 bits per heavy atom. The molecule has 198 valence electrons. The topological polar surface area (TPSA) is 75.8 Å². The highest BCUT2D eigenvalue weighted by Gasteiger charge is 2.13. The van der Waals surface area contributed by atoms with E-state index in [1.807, 2.05) is 6.26 Å². The van der Waals surface area contributed by atoms with E-state index in [0.29, 0.717) is 13.0 Å². The summed E-state index contributed by atoms with van der Waals surface area (Å²) in [6.45, 7) is 3.83. The van der Waals surface area contributed by atoms with Crippen molar-refractivity contribution in [3.05, 3.63) is 102 Å². The number of hydrogen-bond donors (Lipinski definition) is 2. The summed E-state index contributed by atoms with van der Waals surface area (Å²) in [5.74, 6) is 0.813. The number of thioether (sulfide) groups is 1. The number of rotatable bonds is 12. The van der Waals surface area contributed by atoms with Gasteiger partial charge in [0.25, 0.3) is 0 Å². The summed E-state index contributed by atoms with van der Waals surface area (Å²) < 4.78 is 5.87. The predicted octanol–water partition coefficient (Wildman–Crippen LogP) is 6.15. The monoisotopic (exact) mass is 520 g/mol. The average molecular weight is 521 g/mol. The molecule has 3 aromatic rings. The number of likely N-dealkylation sites (N-methyl/N-ethyl adjacent to an activating group) is 1. The number of aliphatic carboxylic acids is 1. The van der Waals surface area contributed by atoms with Crippen molar-refractivity contribution in [2.24, 2.45) is 5.73 Å². The quantitative estimate of drug-likeness (QED) is 0.279. The summed E-state index contributed by atoms with van der Waals surface area (Å²) in [4.78, 5) is 12.2. The number of nitrogens with two attached hydrogens (primary N) is 1. The van der Waals surface area contributed by atoms with Crippen LogP contribution in [-0.4, -0.2) is 61.3 Å². The standard InChI is InChI=1S/C26H29NO.C5H11NO2S/c1-4-25(21-11-7-5-8-12-21)26(22-13-9-6-10-14-22)23-15-17-24(18-16-23)28-20-19-27(2)3;1-9-3-2-4(6)5(7)8/h5-18H,4,19-20H2,1-3H3;4H,2-3,6H2,1H3,(H,7,8)/b26-25-;/t;4-/m.0/s1. The minimum Gasteiger partial charge on any atom is -0.492 e. The fraction of sp³-hybridized carbons (Fsp3) is 0.323. The van der Waals surface area contributed by atoms with Crippen LogP contribution in [0.2, 0.25) is 0 Å². The van der Waals surface area contributed by atoms with Gasteiger partial charge in [-0.05, 0) is 78.9 Å². The molecule has 0 spiro atoms. The molecule has 0 aliphatic carbocycles. The summed E-state index contributed by atoms with van der Waals surface area (Å²) in [5, 5.41) is 8.27. The molecule has 0 radical (unpaired) electrons. The Bertz CT molecular complexity index is 1080. The van der Waals surface area contributed by atoms with E-state index < -0.39 is 12.0 Å². The van der Waals surface area contributed by atoms with Gasteiger partial charge < -0.3 is 20.5 Å². The van der Waals surface area contributed by atoms with E-state index in [4.69, 9.17) is 15.6 Å². The summed E-state index contributed by atoms with van der Waals surface area (Å²) in [6.07, 6.45) is 3.44. The van der Waals surface area contributed by atoms with Crippen LogP contribution in [0, 0.1) is 0 Å². The molecule has 0 aliphatic rings. The third kappa shape index (κ3) is 10.4. The second-order valence-electron chi connectivity index (χ2n) is 8.84. The summed E-state index contributed by atoms with van der Waals surface area (Å²) in [6, 6.07) is 29.1. The molecular formula is C31H40N2O3S. The highest BCUT2D eigenvalue weighted by molar-refractivity contribution is 7.98. The molecule has 6 heteroatoms. The van der Waals surface area contributed by atoms with Crippen LogP contribution in [0.4, 0.5) is 0 Å². The lowest BCUT2D eigenvalue weighted by Crippen LogP contribution is -2.30. The van der Waals surface area contributed by atoms with Crippen molar-refractivity contribution in [3.63, 3.8) is 0 Å². The van der Waals surface area contributed by atoms with Gasteiger partial charge in [0.15, 0.2) is 0 Å². The first kappa shape index (κ1) is 30.2. The molecule has 0 saturated heterocycles. The van der Waals surface area contributed by atoms with Crippen molar-refractivity contribution in [2.45, 2.75) is 25.8 Å². The fourth-order valence-corrected chi connectivity index (χ4v) is 4.21. The number of benzene rings is 3. The van der Waals surface area contributed by atoms with Crippen LogP contribution >= 0.6 is 11.8 Å². The third-order valence-electron chi connectivity index (χ3n) is 5.74. The number of nitrogens with zero attached hydrogens (tertiary/aromatic N) is 1. The first-order chi connectivity index (χ1) is 17.9. The Balaban J connectivity index is 0.000000458. The third-order valence-corrected chi connectivity index (χ3v) is 6.38. The fourth-order valence-electron chi connectivity index (χ4n) is 3.72. The molecular weight excluding hydrogens is 480 g/mol. The van der Waals surface area contributed by atoms with Crippen molar-refractivity contribution in [1.82, 2.24) is 4.90 Å². The highest BCUT2D eigenvalue weighted by atomic mass is 32.2. The van der Waals surface area contributed by atoms with E-state index >= 15 is 0 Å². The van der Waals surface area contributed by atoms with Crippen molar-refractivity contribution in [3.8, 4) is 5.75 Å². The normalized spacial score (nSPS) is 12.3. The number of ether oxygens (including phenoxy) is 1. The lowest BCUT2D eigenvalue weighted by atomic mass is 9.88. The van der Waals surface area contributed by atoms with Gasteiger partial charge in [-0.25, -0.2) is 0 Å². The summed E-state index contributed by atoms with van der Waals surface area (Å²) in [5.41, 5.74) is 11.6. The molecule has 3 rings (SSSR count). The van der Waals surface area contributed by atoms with Gasteiger partial charge in [-0.1, -0.05) is 79.7 Å². The molecule has 0 bridgehead atoms. The van der Waals surface area contributed by atoms with Crippen molar-refractivity contribution in [2.75, 3.05) is 39.3 Å². The predicted molar refractivity (Wildman–Crippen MR) is 158 cm³/mol. The van der Waals surface area contributed by atoms with E-state index in [-0.39, 0.29) is 0 Å². The summed E-state index contributed by atoms with van der Waals surface area (Å²) >= 11 is 1.60. The Labute approximate surface area is 226 Å². The second-order valence-corrected chi connectivity index (χ2v) is 9.83. The zero-order valence-corrected chi connectivity index (χ0v) is 23.2. The van der Waals surface area contributed by atoms with E-state index in [1.165, 1.54) is 27.8 Å². The van der Waals surface area contributed by atoms with Gasteiger partial charge in [-0.2, -0.15) is 11.8 Å². The van der Waals surface area contributed by atoms with E-state index in [2.05, 4.69) is 111 Å². The van der Waals surface area contributed by atoms with Crippen LogP contribution in [0.15, 0.2) is 84.9 Å². The maximum Gasteiger partial charge on any atom is 0.320 e. The van der Waals surface area contributed by atoms with Crippen LogP contribution < -0.4 is 10.5 Å². The van der Waals surface area contributed by atoms with Crippen LogP contribution in [0.3, 0.4) is 0 Å². The number of hydrogen-bond acceptors (Lipinski definition) is 5. The molecule has 0 saturated carbocycles.